The Morgan fingerprint density at radius 3 is 2.58 bits per heavy atom. The van der Waals surface area contributed by atoms with Gasteiger partial charge in [0.05, 0.1) is 21.5 Å². The standard InChI is InChI=1S/C14H17ClN4O4S/c1-8(13-17-9(2)23-18-13)16-14(20)11-7-10(5-6-12(11)15)24(21,22)19(3)4/h5-8H,1-4H3,(H,16,20). The Kier molecular flexibility index (Phi) is 5.26. The second kappa shape index (κ2) is 6.88. The van der Waals surface area contributed by atoms with Crippen LogP contribution in [0.3, 0.4) is 0 Å². The molecule has 1 aromatic heterocycles. The quantitative estimate of drug-likeness (QED) is 0.857. The lowest BCUT2D eigenvalue weighted by Crippen LogP contribution is -2.28. The number of carbonyl (C=O) groups is 1. The van der Waals surface area contributed by atoms with Gasteiger partial charge in [-0.1, -0.05) is 16.8 Å². The predicted molar refractivity (Wildman–Crippen MR) is 87.2 cm³/mol. The highest BCUT2D eigenvalue weighted by atomic mass is 35.5. The summed E-state index contributed by atoms with van der Waals surface area (Å²) in [7, 11) is -0.858. The molecule has 2 aromatic rings. The molecule has 0 spiro atoms. The van der Waals surface area contributed by atoms with Crippen LogP contribution in [-0.2, 0) is 10.0 Å². The third-order valence-electron chi connectivity index (χ3n) is 3.24. The van der Waals surface area contributed by atoms with Gasteiger partial charge in [-0.05, 0) is 25.1 Å². The van der Waals surface area contributed by atoms with E-state index in [4.69, 9.17) is 16.1 Å². The molecule has 0 saturated heterocycles. The monoisotopic (exact) mass is 372 g/mol. The summed E-state index contributed by atoms with van der Waals surface area (Å²) in [5.74, 6) is 0.156. The maximum absolute atomic E-state index is 12.4. The number of nitrogens with one attached hydrogen (secondary N) is 1. The summed E-state index contributed by atoms with van der Waals surface area (Å²) in [5.41, 5.74) is 0.0478. The molecular formula is C14H17ClN4O4S. The highest BCUT2D eigenvalue weighted by Crippen LogP contribution is 2.23. The van der Waals surface area contributed by atoms with Gasteiger partial charge in [-0.15, -0.1) is 0 Å². The zero-order valence-corrected chi connectivity index (χ0v) is 15.1. The minimum Gasteiger partial charge on any atom is -0.342 e. The first-order valence-corrected chi connectivity index (χ1v) is 8.78. The molecule has 0 aliphatic rings. The number of nitrogens with zero attached hydrogens (tertiary/aromatic N) is 3. The zero-order chi connectivity index (χ0) is 18.1. The average molecular weight is 373 g/mol. The highest BCUT2D eigenvalue weighted by Gasteiger charge is 2.22. The summed E-state index contributed by atoms with van der Waals surface area (Å²) in [6, 6.07) is 3.43. The second-order valence-corrected chi connectivity index (χ2v) is 7.85. The van der Waals surface area contributed by atoms with E-state index < -0.39 is 22.0 Å². The molecule has 1 aromatic carbocycles. The van der Waals surface area contributed by atoms with E-state index in [9.17, 15) is 13.2 Å². The summed E-state index contributed by atoms with van der Waals surface area (Å²) < 4.78 is 30.3. The van der Waals surface area contributed by atoms with Crippen molar-refractivity contribution in [3.8, 4) is 0 Å². The lowest BCUT2D eigenvalue weighted by Gasteiger charge is -2.14. The third kappa shape index (κ3) is 3.74. The van der Waals surface area contributed by atoms with Gasteiger partial charge in [0.1, 0.15) is 0 Å². The maximum atomic E-state index is 12.4. The van der Waals surface area contributed by atoms with E-state index in [2.05, 4.69) is 15.5 Å². The van der Waals surface area contributed by atoms with Crippen LogP contribution in [0.4, 0.5) is 0 Å². The fraction of sp³-hybridized carbons (Fsp3) is 0.357. The average Bonchev–Trinajstić information content (AvgIpc) is 2.93. The second-order valence-electron chi connectivity index (χ2n) is 5.30. The molecule has 1 unspecified atom stereocenters. The van der Waals surface area contributed by atoms with Crippen LogP contribution in [0.2, 0.25) is 5.02 Å². The van der Waals surface area contributed by atoms with E-state index in [1.54, 1.807) is 13.8 Å². The molecule has 1 amide bonds. The van der Waals surface area contributed by atoms with E-state index in [0.29, 0.717) is 11.7 Å². The summed E-state index contributed by atoms with van der Waals surface area (Å²) in [6.07, 6.45) is 0. The SMILES string of the molecule is Cc1nc(C(C)NC(=O)c2cc(S(=O)(=O)N(C)C)ccc2Cl)no1. The van der Waals surface area contributed by atoms with Gasteiger partial charge in [0.15, 0.2) is 5.82 Å². The van der Waals surface area contributed by atoms with Crippen molar-refractivity contribution in [3.63, 3.8) is 0 Å². The van der Waals surface area contributed by atoms with Crippen molar-refractivity contribution in [2.45, 2.75) is 24.8 Å². The van der Waals surface area contributed by atoms with Gasteiger partial charge < -0.3 is 9.84 Å². The number of carbonyl (C=O) groups excluding carboxylic acids is 1. The van der Waals surface area contributed by atoms with Crippen LogP contribution in [0.25, 0.3) is 0 Å². The minimum absolute atomic E-state index is 0.0230. The molecule has 1 N–H and O–H groups in total. The number of aromatic nitrogens is 2. The molecule has 0 bridgehead atoms. The van der Waals surface area contributed by atoms with Crippen molar-refractivity contribution < 1.29 is 17.7 Å². The number of benzene rings is 1. The Hall–Kier alpha value is -1.97. The van der Waals surface area contributed by atoms with Crippen LogP contribution in [0.5, 0.6) is 0 Å². The lowest BCUT2D eigenvalue weighted by atomic mass is 10.2. The molecule has 0 aliphatic carbocycles. The number of sulfonamides is 1. The maximum Gasteiger partial charge on any atom is 0.253 e. The number of hydrogen-bond acceptors (Lipinski definition) is 6. The molecule has 24 heavy (non-hydrogen) atoms. The number of halogens is 1. The number of aryl methyl sites for hydroxylation is 1. The minimum atomic E-state index is -3.67. The van der Waals surface area contributed by atoms with E-state index in [0.717, 1.165) is 4.31 Å². The van der Waals surface area contributed by atoms with Gasteiger partial charge in [-0.2, -0.15) is 4.98 Å². The number of hydrogen-bond donors (Lipinski definition) is 1. The topological polar surface area (TPSA) is 105 Å². The molecule has 2 rings (SSSR count). The normalized spacial score (nSPS) is 13.1. The van der Waals surface area contributed by atoms with Crippen molar-refractivity contribution in [2.75, 3.05) is 14.1 Å². The molecule has 1 heterocycles. The fourth-order valence-electron chi connectivity index (χ4n) is 1.88. The first kappa shape index (κ1) is 18.4. The van der Waals surface area contributed by atoms with Crippen molar-refractivity contribution >= 4 is 27.5 Å². The van der Waals surface area contributed by atoms with Gasteiger partial charge in [0.2, 0.25) is 15.9 Å². The van der Waals surface area contributed by atoms with E-state index in [1.807, 2.05) is 0 Å². The molecule has 0 radical (unpaired) electrons. The summed E-state index contributed by atoms with van der Waals surface area (Å²) in [4.78, 5) is 16.4. The number of amides is 1. The van der Waals surface area contributed by atoms with Crippen molar-refractivity contribution in [1.82, 2.24) is 19.8 Å². The molecule has 130 valence electrons. The zero-order valence-electron chi connectivity index (χ0n) is 13.6. The molecule has 0 aliphatic heterocycles. The Bertz CT molecular complexity index is 863. The van der Waals surface area contributed by atoms with Gasteiger partial charge in [-0.3, -0.25) is 4.79 Å². The van der Waals surface area contributed by atoms with E-state index in [-0.39, 0.29) is 15.5 Å². The summed E-state index contributed by atoms with van der Waals surface area (Å²) in [5, 5.41) is 6.53. The molecule has 0 fully saturated rings. The predicted octanol–water partition coefficient (Wildman–Crippen LogP) is 1.77. The Morgan fingerprint density at radius 1 is 1.38 bits per heavy atom. The van der Waals surface area contributed by atoms with Gasteiger partial charge in [0, 0.05) is 21.0 Å². The van der Waals surface area contributed by atoms with Gasteiger partial charge in [-0.25, -0.2) is 12.7 Å². The lowest BCUT2D eigenvalue weighted by molar-refractivity contribution is 0.0938. The molecule has 0 saturated carbocycles. The Labute approximate surface area is 144 Å². The summed E-state index contributed by atoms with van der Waals surface area (Å²) >= 11 is 6.04. The largest absolute Gasteiger partial charge is 0.342 e. The Balaban J connectivity index is 2.29. The van der Waals surface area contributed by atoms with Crippen LogP contribution in [0.1, 0.15) is 35.0 Å². The van der Waals surface area contributed by atoms with Crippen molar-refractivity contribution in [3.05, 3.63) is 40.5 Å². The fourth-order valence-corrected chi connectivity index (χ4v) is 3.01. The van der Waals surface area contributed by atoms with Gasteiger partial charge >= 0.3 is 0 Å². The van der Waals surface area contributed by atoms with Crippen LogP contribution < -0.4 is 5.32 Å². The number of rotatable bonds is 5. The van der Waals surface area contributed by atoms with Crippen LogP contribution >= 0.6 is 11.6 Å². The summed E-state index contributed by atoms with van der Waals surface area (Å²) in [6.45, 7) is 3.31. The smallest absolute Gasteiger partial charge is 0.253 e. The van der Waals surface area contributed by atoms with Crippen molar-refractivity contribution in [2.24, 2.45) is 0 Å². The van der Waals surface area contributed by atoms with E-state index in [1.165, 1.54) is 32.3 Å². The third-order valence-corrected chi connectivity index (χ3v) is 5.38. The van der Waals surface area contributed by atoms with Crippen LogP contribution in [-0.4, -0.2) is 42.9 Å². The van der Waals surface area contributed by atoms with Crippen LogP contribution in [0.15, 0.2) is 27.6 Å². The Morgan fingerprint density at radius 2 is 2.04 bits per heavy atom. The van der Waals surface area contributed by atoms with Gasteiger partial charge in [0.25, 0.3) is 5.91 Å². The first-order chi connectivity index (χ1) is 11.1. The molecule has 8 nitrogen and oxygen atoms in total. The molecule has 1 atom stereocenters. The molecule has 10 heteroatoms. The molecular weight excluding hydrogens is 356 g/mol. The van der Waals surface area contributed by atoms with E-state index >= 15 is 0 Å². The highest BCUT2D eigenvalue weighted by molar-refractivity contribution is 7.89. The van der Waals surface area contributed by atoms with Crippen molar-refractivity contribution in [1.29, 1.82) is 0 Å². The first-order valence-electron chi connectivity index (χ1n) is 6.96. The van der Waals surface area contributed by atoms with Crippen LogP contribution in [0, 0.1) is 6.92 Å².